The van der Waals surface area contributed by atoms with Gasteiger partial charge in [-0.1, -0.05) is 25.1 Å². The minimum absolute atomic E-state index is 0.0375. The van der Waals surface area contributed by atoms with E-state index in [9.17, 15) is 9.59 Å². The van der Waals surface area contributed by atoms with E-state index in [1.54, 1.807) is 16.7 Å². The Morgan fingerprint density at radius 2 is 2.10 bits per heavy atom. The van der Waals surface area contributed by atoms with E-state index in [4.69, 9.17) is 0 Å². The maximum atomic E-state index is 12.1. The molecule has 0 radical (unpaired) electrons. The van der Waals surface area contributed by atoms with Crippen molar-refractivity contribution in [3.05, 3.63) is 53.3 Å². The van der Waals surface area contributed by atoms with E-state index >= 15 is 0 Å². The molecule has 2 rings (SSSR count). The molecule has 0 fully saturated rings. The molecule has 0 unspecified atom stereocenters. The number of hydrogen-bond acceptors (Lipinski definition) is 2. The number of aldehydes is 1. The Bertz CT molecular complexity index is 644. The van der Waals surface area contributed by atoms with Gasteiger partial charge in [0.1, 0.15) is 0 Å². The summed E-state index contributed by atoms with van der Waals surface area (Å²) in [6.07, 6.45) is 3.83. The van der Waals surface area contributed by atoms with Crippen LogP contribution in [0.15, 0.2) is 36.5 Å². The minimum Gasteiger partial charge on any atom is -0.345 e. The van der Waals surface area contributed by atoms with E-state index in [1.807, 2.05) is 31.3 Å². The number of rotatable bonds is 6. The van der Waals surface area contributed by atoms with E-state index in [0.29, 0.717) is 18.7 Å². The lowest BCUT2D eigenvalue weighted by Gasteiger charge is -2.13. The van der Waals surface area contributed by atoms with Gasteiger partial charge in [-0.2, -0.15) is 0 Å². The summed E-state index contributed by atoms with van der Waals surface area (Å²) in [7, 11) is 0. The van der Waals surface area contributed by atoms with E-state index in [-0.39, 0.29) is 5.91 Å². The highest BCUT2D eigenvalue weighted by molar-refractivity contribution is 5.92. The van der Waals surface area contributed by atoms with Crippen molar-refractivity contribution < 1.29 is 9.59 Å². The number of carbonyl (C=O) groups is 2. The van der Waals surface area contributed by atoms with Gasteiger partial charge in [-0.05, 0) is 36.6 Å². The third-order valence-electron chi connectivity index (χ3n) is 3.57. The zero-order chi connectivity index (χ0) is 15.2. The van der Waals surface area contributed by atoms with Crippen LogP contribution in [0.3, 0.4) is 0 Å². The van der Waals surface area contributed by atoms with Crippen molar-refractivity contribution in [3.8, 4) is 0 Å². The van der Waals surface area contributed by atoms with Crippen LogP contribution >= 0.6 is 0 Å². The van der Waals surface area contributed by atoms with Crippen LogP contribution in [-0.4, -0.2) is 16.8 Å². The number of carbonyl (C=O) groups excluding carboxylic acids is 2. The third kappa shape index (κ3) is 3.60. The van der Waals surface area contributed by atoms with E-state index in [2.05, 4.69) is 12.2 Å². The predicted molar refractivity (Wildman–Crippen MR) is 83.6 cm³/mol. The Kier molecular flexibility index (Phi) is 4.93. The molecule has 0 spiro atoms. The molecular weight excluding hydrogens is 264 g/mol. The highest BCUT2D eigenvalue weighted by atomic mass is 16.1. The number of nitrogens with one attached hydrogen (secondary N) is 1. The maximum Gasteiger partial charge on any atom is 0.226 e. The lowest BCUT2D eigenvalue weighted by molar-refractivity contribution is -0.116. The Balaban J connectivity index is 2.01. The van der Waals surface area contributed by atoms with Gasteiger partial charge in [-0.15, -0.1) is 0 Å². The Morgan fingerprint density at radius 1 is 1.29 bits per heavy atom. The van der Waals surface area contributed by atoms with Gasteiger partial charge < -0.3 is 9.88 Å². The summed E-state index contributed by atoms with van der Waals surface area (Å²) >= 11 is 0. The molecule has 0 aliphatic carbocycles. The van der Waals surface area contributed by atoms with Crippen molar-refractivity contribution in [3.63, 3.8) is 0 Å². The van der Waals surface area contributed by atoms with Gasteiger partial charge in [0.2, 0.25) is 5.91 Å². The summed E-state index contributed by atoms with van der Waals surface area (Å²) in [4.78, 5) is 22.9. The zero-order valence-electron chi connectivity index (χ0n) is 12.4. The predicted octanol–water partition coefficient (Wildman–Crippen LogP) is 3.20. The van der Waals surface area contributed by atoms with E-state index < -0.39 is 0 Å². The zero-order valence-corrected chi connectivity index (χ0v) is 12.4. The highest BCUT2D eigenvalue weighted by Crippen LogP contribution is 2.21. The van der Waals surface area contributed by atoms with Crippen molar-refractivity contribution in [2.24, 2.45) is 0 Å². The summed E-state index contributed by atoms with van der Waals surface area (Å²) in [5.41, 5.74) is 3.70. The summed E-state index contributed by atoms with van der Waals surface area (Å²) in [6, 6.07) is 9.56. The Labute approximate surface area is 124 Å². The van der Waals surface area contributed by atoms with Gasteiger partial charge in [0, 0.05) is 24.8 Å². The number of anilines is 1. The number of nitrogens with zero attached hydrogens (tertiary/aromatic N) is 1. The first kappa shape index (κ1) is 15.0. The standard InChI is InChI=1S/C17H20N2O2/c1-3-14-7-4-6-13(2)17(14)18-16(21)9-11-19-10-5-8-15(19)12-20/h4-8,10,12H,3,9,11H2,1-2H3,(H,18,21). The fraction of sp³-hybridized carbons (Fsp3) is 0.294. The number of aromatic nitrogens is 1. The molecule has 0 aliphatic heterocycles. The summed E-state index contributed by atoms with van der Waals surface area (Å²) in [6.45, 7) is 4.56. The number of benzene rings is 1. The second kappa shape index (κ2) is 6.88. The van der Waals surface area contributed by atoms with E-state index in [1.165, 1.54) is 0 Å². The number of aryl methyl sites for hydroxylation is 3. The average molecular weight is 284 g/mol. The molecule has 110 valence electrons. The molecule has 1 aromatic heterocycles. The molecule has 0 aliphatic rings. The monoisotopic (exact) mass is 284 g/mol. The van der Waals surface area contributed by atoms with Gasteiger partial charge in [-0.3, -0.25) is 9.59 Å². The molecule has 1 heterocycles. The first-order valence-corrected chi connectivity index (χ1v) is 7.14. The topological polar surface area (TPSA) is 51.1 Å². The van der Waals surface area contributed by atoms with Gasteiger partial charge in [0.15, 0.2) is 6.29 Å². The fourth-order valence-corrected chi connectivity index (χ4v) is 2.36. The summed E-state index contributed by atoms with van der Waals surface area (Å²) in [5, 5.41) is 2.99. The average Bonchev–Trinajstić information content (AvgIpc) is 2.94. The second-order valence-corrected chi connectivity index (χ2v) is 5.01. The molecule has 21 heavy (non-hydrogen) atoms. The molecule has 1 N–H and O–H groups in total. The van der Waals surface area contributed by atoms with Crippen molar-refractivity contribution in [1.29, 1.82) is 0 Å². The van der Waals surface area contributed by atoms with Crippen LogP contribution in [0.4, 0.5) is 5.69 Å². The molecule has 0 atom stereocenters. The van der Waals surface area contributed by atoms with Crippen LogP contribution < -0.4 is 5.32 Å². The van der Waals surface area contributed by atoms with Crippen LogP contribution in [0, 0.1) is 6.92 Å². The summed E-state index contributed by atoms with van der Waals surface area (Å²) < 4.78 is 1.78. The Hall–Kier alpha value is -2.36. The van der Waals surface area contributed by atoms with Crippen molar-refractivity contribution in [2.75, 3.05) is 5.32 Å². The largest absolute Gasteiger partial charge is 0.345 e. The van der Waals surface area contributed by atoms with Gasteiger partial charge in [0.05, 0.1) is 5.69 Å². The van der Waals surface area contributed by atoms with Crippen LogP contribution in [-0.2, 0) is 17.8 Å². The smallest absolute Gasteiger partial charge is 0.226 e. The highest BCUT2D eigenvalue weighted by Gasteiger charge is 2.09. The van der Waals surface area contributed by atoms with Gasteiger partial charge >= 0.3 is 0 Å². The first-order valence-electron chi connectivity index (χ1n) is 7.14. The number of amides is 1. The minimum atomic E-state index is -0.0375. The molecule has 4 heteroatoms. The fourth-order valence-electron chi connectivity index (χ4n) is 2.36. The van der Waals surface area contributed by atoms with Crippen LogP contribution in [0.5, 0.6) is 0 Å². The van der Waals surface area contributed by atoms with Gasteiger partial charge in [-0.25, -0.2) is 0 Å². The molecule has 0 saturated heterocycles. The molecule has 2 aromatic rings. The van der Waals surface area contributed by atoms with Crippen LogP contribution in [0.1, 0.15) is 35.0 Å². The maximum absolute atomic E-state index is 12.1. The van der Waals surface area contributed by atoms with E-state index in [0.717, 1.165) is 29.5 Å². The van der Waals surface area contributed by atoms with Crippen LogP contribution in [0.25, 0.3) is 0 Å². The Morgan fingerprint density at radius 3 is 2.81 bits per heavy atom. The summed E-state index contributed by atoms with van der Waals surface area (Å²) in [5.74, 6) is -0.0375. The van der Waals surface area contributed by atoms with Crippen LogP contribution in [0.2, 0.25) is 0 Å². The quantitative estimate of drug-likeness (QED) is 0.828. The van der Waals surface area contributed by atoms with Crippen molar-refractivity contribution >= 4 is 17.9 Å². The molecule has 0 saturated carbocycles. The SMILES string of the molecule is CCc1cccc(C)c1NC(=O)CCn1cccc1C=O. The van der Waals surface area contributed by atoms with Crippen molar-refractivity contribution in [1.82, 2.24) is 4.57 Å². The number of hydrogen-bond donors (Lipinski definition) is 1. The number of para-hydroxylation sites is 1. The van der Waals surface area contributed by atoms with Gasteiger partial charge in [0.25, 0.3) is 0 Å². The third-order valence-corrected chi connectivity index (χ3v) is 3.57. The lowest BCUT2D eigenvalue weighted by Crippen LogP contribution is -2.16. The molecule has 1 amide bonds. The molecule has 1 aromatic carbocycles. The normalized spacial score (nSPS) is 10.4. The molecule has 4 nitrogen and oxygen atoms in total. The van der Waals surface area contributed by atoms with Crippen molar-refractivity contribution in [2.45, 2.75) is 33.2 Å². The second-order valence-electron chi connectivity index (χ2n) is 5.01. The molecule has 0 bridgehead atoms. The first-order chi connectivity index (χ1) is 10.2. The lowest BCUT2D eigenvalue weighted by atomic mass is 10.1. The molecular formula is C17H20N2O2.